The number of fused-ring (bicyclic) bond motifs is 4. The summed E-state index contributed by atoms with van der Waals surface area (Å²) in [6.07, 6.45) is 6.08. The molecule has 0 atom stereocenters. The van der Waals surface area contributed by atoms with E-state index in [9.17, 15) is 47.5 Å². The van der Waals surface area contributed by atoms with Gasteiger partial charge in [-0.2, -0.15) is 21.0 Å². The van der Waals surface area contributed by atoms with Crippen molar-refractivity contribution >= 4 is 167 Å². The van der Waals surface area contributed by atoms with Gasteiger partial charge in [0, 0.05) is 221 Å². The predicted octanol–water partition coefficient (Wildman–Crippen LogP) is 15.5. The zero-order valence-electron chi connectivity index (χ0n) is 78.4. The summed E-state index contributed by atoms with van der Waals surface area (Å²) >= 11 is 6.01. The zero-order chi connectivity index (χ0) is 97.2. The number of anilines is 4. The van der Waals surface area contributed by atoms with E-state index >= 15 is 0 Å². The molecule has 0 spiro atoms. The fraction of sp³-hybridized carbons (Fsp3) is 0.327. The van der Waals surface area contributed by atoms with Crippen LogP contribution in [-0.2, 0) is 58.1 Å². The van der Waals surface area contributed by atoms with E-state index in [1.807, 2.05) is 60.7 Å². The number of methoxy groups -OCH3 is 4. The summed E-state index contributed by atoms with van der Waals surface area (Å²) in [7, 11) is 2.68. The van der Waals surface area contributed by atoms with Gasteiger partial charge in [0.25, 0.3) is 31.9 Å². The Morgan fingerprint density at radius 1 is 0.355 bits per heavy atom. The van der Waals surface area contributed by atoms with Gasteiger partial charge < -0.3 is 69.3 Å². The van der Waals surface area contributed by atoms with E-state index in [-0.39, 0.29) is 59.1 Å². The second-order valence-electron chi connectivity index (χ2n) is 33.1. The molecule has 2 amide bonds. The molecule has 4 aromatic heterocycles. The number of nitriles is 4. The summed E-state index contributed by atoms with van der Waals surface area (Å²) in [4.78, 5) is 45.5. The highest BCUT2D eigenvalue weighted by atomic mass is 32.2. The van der Waals surface area contributed by atoms with Crippen LogP contribution < -0.4 is 40.5 Å². The lowest BCUT2D eigenvalue weighted by Gasteiger charge is -2.34. The number of amides is 2. The van der Waals surface area contributed by atoms with E-state index in [0.717, 1.165) is 210 Å². The smallest absolute Gasteiger partial charge is 0.262 e. The fourth-order valence-corrected chi connectivity index (χ4v) is 21.4. The van der Waals surface area contributed by atoms with Crippen LogP contribution in [0.5, 0.6) is 0 Å². The second-order valence-corrected chi connectivity index (χ2v) is 41.0. The summed E-state index contributed by atoms with van der Waals surface area (Å²) in [6.45, 7) is 21.8. The molecule has 0 bridgehead atoms. The van der Waals surface area contributed by atoms with Crippen molar-refractivity contribution in [3.8, 4) is 66.0 Å². The van der Waals surface area contributed by atoms with Gasteiger partial charge in [-0.05, 0) is 225 Å². The largest absolute Gasteiger partial charge is 0.384 e. The number of hydrogen-bond acceptors (Lipinski definition) is 28. The van der Waals surface area contributed by atoms with E-state index in [1.165, 1.54) is 87.4 Å². The van der Waals surface area contributed by atoms with Crippen LogP contribution in [0.25, 0.3) is 109 Å². The highest BCUT2D eigenvalue weighted by Gasteiger charge is 2.24. The van der Waals surface area contributed by atoms with E-state index < -0.39 is 20.0 Å². The van der Waals surface area contributed by atoms with Gasteiger partial charge in [0.1, 0.15) is 35.4 Å². The number of ether oxygens (including phenoxy) is 6. The quantitative estimate of drug-likeness (QED) is 0.0121. The number of carbonyl (C=O) groups is 2. The van der Waals surface area contributed by atoms with Gasteiger partial charge in [-0.1, -0.05) is 72.8 Å². The lowest BCUT2D eigenvalue weighted by Crippen LogP contribution is -2.44. The number of carbonyl (C=O) groups excluding carboxylic acids is 2. The molecule has 28 nitrogen and oxygen atoms in total. The number of likely N-dealkylation sites (N-methyl/N-ethyl adjacent to an activating group) is 2. The predicted molar refractivity (Wildman–Crippen MR) is 562 cm³/mol. The van der Waals surface area contributed by atoms with Crippen LogP contribution in [0, 0.1) is 45.3 Å². The molecule has 138 heavy (non-hydrogen) atoms. The second kappa shape index (κ2) is 52.2. The van der Waals surface area contributed by atoms with Crippen molar-refractivity contribution in [2.24, 2.45) is 0 Å². The first-order valence-corrected chi connectivity index (χ1v) is 51.8. The molecule has 6 N–H and O–H groups in total. The standard InChI is InChI=1S/C27H30N4O3S.C26H30N4O4S2.C26H28N4O2S.C25H28N4O3S2/c1-33-13-9-30-27(32)23(19-28)18-25-6-7-26(35-25)22-3-2-21-17-24(5-4-20(21)16-22)29-8-10-31-11-14-34-15-12-31;1-33-13-9-29-36(31,32)25(19-27)18-24-6-7-26(35-24)22-3-2-21-17-23(5-4-20(21)16-22)28-8-10-30-11-14-34-15-12-30;1-29-10-12-30(13-11-29)23-6-5-19-15-21(4-3-20(19)16-23)25-8-7-24(33-25)17-22(18-27)26(31)28-9-14-32-2;1-28-10-12-29(13-11-28)22-6-5-19-15-21(4-3-20(19)16-22)25-8-7-23(33-25)17-24(18-26)34(30,31)27-9-14-32-2/h2-7,16-18,29H,8-15H2,1H3,(H,30,32);2-7,16-18,28-29H,8-15H2,1H3;3-8,15-17H,9-14H2,1-2H3,(H,28,31);3-8,15-17,27H,9-14H2,1-2H3/b23-18+;25-18+;22-17+;24-17+. The molecule has 34 heteroatoms. The van der Waals surface area contributed by atoms with Gasteiger partial charge >= 0.3 is 0 Å². The van der Waals surface area contributed by atoms with Crippen LogP contribution in [0.3, 0.4) is 0 Å². The van der Waals surface area contributed by atoms with Crippen molar-refractivity contribution < 1.29 is 54.8 Å². The number of morpholine rings is 2. The maximum Gasteiger partial charge on any atom is 0.262 e. The molecule has 4 aliphatic heterocycles. The molecule has 12 aromatic rings. The average molecular weight is 1970 g/mol. The number of rotatable bonds is 36. The SMILES string of the molecule is COCCNC(=O)/C(C#N)=C/c1ccc(-c2ccc3cc(N4CCN(C)CC4)ccc3c2)s1.COCCNC(=O)/C(C#N)=C/c1ccc(-c2ccc3cc(NCCN4CCOCC4)ccc3c2)s1.COCCNS(=O)(=O)/C(C#N)=C/c1ccc(-c2ccc3cc(N4CCN(C)CC4)ccc3c2)s1.COCCNS(=O)(=O)/C(C#N)=C/c1ccc(-c2ccc3cc(NCCN4CCOCC4)ccc3c2)s1. The van der Waals surface area contributed by atoms with Crippen LogP contribution in [0.4, 0.5) is 22.7 Å². The monoisotopic (exact) mass is 1970 g/mol. The number of nitrogens with one attached hydrogen (secondary N) is 6. The van der Waals surface area contributed by atoms with Crippen LogP contribution in [0.1, 0.15) is 19.5 Å². The van der Waals surface area contributed by atoms with Gasteiger partial charge in [0.2, 0.25) is 0 Å². The Labute approximate surface area is 824 Å². The van der Waals surface area contributed by atoms with Gasteiger partial charge in [-0.25, -0.2) is 26.3 Å². The minimum Gasteiger partial charge on any atom is -0.384 e. The Balaban J connectivity index is 0.000000155. The van der Waals surface area contributed by atoms with Crippen molar-refractivity contribution in [3.05, 3.63) is 235 Å². The van der Waals surface area contributed by atoms with Gasteiger partial charge in [-0.3, -0.25) is 19.4 Å². The minimum atomic E-state index is -3.88. The molecular weight excluding hydrogens is 1860 g/mol. The molecule has 4 saturated heterocycles. The number of thiophene rings is 4. The Kier molecular flexibility index (Phi) is 39.1. The summed E-state index contributed by atoms with van der Waals surface area (Å²) in [5, 5.41) is 59.3. The van der Waals surface area contributed by atoms with Crippen LogP contribution in [0.15, 0.2) is 215 Å². The molecule has 0 aliphatic carbocycles. The van der Waals surface area contributed by atoms with Crippen LogP contribution in [-0.4, -0.2) is 275 Å². The van der Waals surface area contributed by atoms with Crippen molar-refractivity contribution in [3.63, 3.8) is 0 Å². The molecule has 720 valence electrons. The van der Waals surface area contributed by atoms with Crippen molar-refractivity contribution in [2.75, 3.05) is 247 Å². The molecule has 4 aliphatic rings. The maximum atomic E-state index is 12.4. The van der Waals surface area contributed by atoms with Crippen LogP contribution >= 0.6 is 45.3 Å². The third kappa shape index (κ3) is 30.1. The van der Waals surface area contributed by atoms with Gasteiger partial charge in [0.15, 0.2) is 9.81 Å². The third-order valence-electron chi connectivity index (χ3n) is 23.5. The summed E-state index contributed by atoms with van der Waals surface area (Å²) < 4.78 is 84.6. The van der Waals surface area contributed by atoms with E-state index in [2.05, 4.69) is 220 Å². The molecule has 8 aromatic carbocycles. The first kappa shape index (κ1) is 103. The fourth-order valence-electron chi connectivity index (χ4n) is 15.6. The first-order chi connectivity index (χ1) is 67.1. The summed E-state index contributed by atoms with van der Waals surface area (Å²) in [5.41, 5.74) is 9.26. The van der Waals surface area contributed by atoms with Gasteiger partial charge in [-0.15, -0.1) is 45.3 Å². The number of nitrogens with zero attached hydrogens (tertiary/aromatic N) is 10. The molecule has 0 saturated carbocycles. The highest BCUT2D eigenvalue weighted by molar-refractivity contribution is 7.94. The Hall–Kier alpha value is -11.9. The molecule has 0 unspecified atom stereocenters. The highest BCUT2D eigenvalue weighted by Crippen LogP contribution is 2.39. The number of piperazine rings is 2. The number of sulfonamides is 2. The zero-order valence-corrected chi connectivity index (χ0v) is 83.3. The van der Waals surface area contributed by atoms with E-state index in [0.29, 0.717) is 36.1 Å². The Bertz CT molecular complexity index is 6710. The van der Waals surface area contributed by atoms with E-state index in [4.69, 9.17) is 28.4 Å². The van der Waals surface area contributed by atoms with Crippen molar-refractivity contribution in [1.29, 1.82) is 21.0 Å². The average Bonchev–Trinajstić information content (AvgIpc) is 1.22. The number of benzene rings is 8. The maximum absolute atomic E-state index is 12.4. The molecule has 8 heterocycles. The Morgan fingerprint density at radius 3 is 0.971 bits per heavy atom. The number of allylic oxidation sites excluding steroid dienone is 2. The first-order valence-electron chi connectivity index (χ1n) is 45.6. The van der Waals surface area contributed by atoms with E-state index in [1.54, 1.807) is 61.2 Å². The molecular formula is C104H116N16O12S6. The lowest BCUT2D eigenvalue weighted by molar-refractivity contribution is -0.118. The number of hydrogen-bond donors (Lipinski definition) is 6. The van der Waals surface area contributed by atoms with Crippen LogP contribution in [0.2, 0.25) is 0 Å². The minimum absolute atomic E-state index is 0.0849. The lowest BCUT2D eigenvalue weighted by atomic mass is 10.0. The Morgan fingerprint density at radius 2 is 0.652 bits per heavy atom. The topological polar surface area (TPSA) is 345 Å². The molecule has 0 radical (unpaired) electrons. The summed E-state index contributed by atoms with van der Waals surface area (Å²) in [6, 6.07) is 74.7. The normalized spacial score (nSPS) is 15.1. The molecule has 4 fully saturated rings. The van der Waals surface area contributed by atoms with Crippen molar-refractivity contribution in [2.45, 2.75) is 0 Å². The van der Waals surface area contributed by atoms with Gasteiger partial charge in [0.05, 0.1) is 52.9 Å². The third-order valence-corrected chi connectivity index (χ3v) is 30.5. The summed E-state index contributed by atoms with van der Waals surface area (Å²) in [5.74, 6) is -0.772. The molecule has 16 rings (SSSR count). The van der Waals surface area contributed by atoms with Crippen molar-refractivity contribution in [1.82, 2.24) is 39.7 Å².